The molecule has 3 heteroatoms. The second-order valence-electron chi connectivity index (χ2n) is 5.46. The van der Waals surface area contributed by atoms with Gasteiger partial charge < -0.3 is 9.84 Å². The summed E-state index contributed by atoms with van der Waals surface area (Å²) in [5, 5.41) is 10.5. The van der Waals surface area contributed by atoms with Gasteiger partial charge in [0.25, 0.3) is 0 Å². The van der Waals surface area contributed by atoms with Crippen LogP contribution in [0.2, 0.25) is 0 Å². The van der Waals surface area contributed by atoms with Crippen molar-refractivity contribution in [3.05, 3.63) is 42.0 Å². The van der Waals surface area contributed by atoms with Gasteiger partial charge in [0.15, 0.2) is 0 Å². The predicted molar refractivity (Wildman–Crippen MR) is 85.8 cm³/mol. The molecule has 0 saturated heterocycles. The highest BCUT2D eigenvalue weighted by Gasteiger charge is 2.22. The van der Waals surface area contributed by atoms with E-state index < -0.39 is 5.60 Å². The quantitative estimate of drug-likeness (QED) is 0.448. The molecule has 1 unspecified atom stereocenters. The molecule has 0 fully saturated rings. The number of ether oxygens (including phenoxy) is 1. The van der Waals surface area contributed by atoms with Crippen molar-refractivity contribution >= 4 is 11.5 Å². The van der Waals surface area contributed by atoms with E-state index in [1.807, 2.05) is 30.3 Å². The minimum absolute atomic E-state index is 0.320. The number of rotatable bonds is 8. The Morgan fingerprint density at radius 1 is 1.24 bits per heavy atom. The summed E-state index contributed by atoms with van der Waals surface area (Å²) in [6.45, 7) is 5.96. The number of hydrogen-bond donors (Lipinski definition) is 1. The molecule has 0 spiro atoms. The van der Waals surface area contributed by atoms with Crippen molar-refractivity contribution in [3.8, 4) is 0 Å². The zero-order valence-electron chi connectivity index (χ0n) is 13.3. The summed E-state index contributed by atoms with van der Waals surface area (Å²) in [5.74, 6) is -0.389. The van der Waals surface area contributed by atoms with Crippen LogP contribution in [0.25, 0.3) is 5.57 Å². The third kappa shape index (κ3) is 6.13. The van der Waals surface area contributed by atoms with Crippen molar-refractivity contribution < 1.29 is 14.6 Å². The monoisotopic (exact) mass is 290 g/mol. The molecule has 1 rings (SSSR count). The first-order chi connectivity index (χ1) is 10.00. The third-order valence-electron chi connectivity index (χ3n) is 3.32. The highest BCUT2D eigenvalue weighted by atomic mass is 16.5. The first-order valence-electron chi connectivity index (χ1n) is 7.68. The van der Waals surface area contributed by atoms with Crippen molar-refractivity contribution in [1.29, 1.82) is 0 Å². The fraction of sp³-hybridized carbons (Fsp3) is 0.500. The molecule has 0 heterocycles. The molecule has 0 aliphatic heterocycles. The lowest BCUT2D eigenvalue weighted by atomic mass is 9.93. The van der Waals surface area contributed by atoms with E-state index in [1.165, 1.54) is 0 Å². The number of aliphatic hydroxyl groups is 1. The predicted octanol–water partition coefficient (Wildman–Crippen LogP) is 3.96. The van der Waals surface area contributed by atoms with Gasteiger partial charge in [0.2, 0.25) is 0 Å². The van der Waals surface area contributed by atoms with E-state index in [0.717, 1.165) is 24.8 Å². The molecule has 21 heavy (non-hydrogen) atoms. The van der Waals surface area contributed by atoms with Gasteiger partial charge in [-0.3, -0.25) is 0 Å². The first kappa shape index (κ1) is 17.4. The van der Waals surface area contributed by atoms with Crippen molar-refractivity contribution in [2.75, 3.05) is 6.61 Å². The number of unbranched alkanes of at least 4 members (excludes halogenated alkanes) is 2. The molecule has 0 saturated carbocycles. The molecule has 1 atom stereocenters. The lowest BCUT2D eigenvalue weighted by Crippen LogP contribution is -2.23. The third-order valence-corrected chi connectivity index (χ3v) is 3.32. The second-order valence-corrected chi connectivity index (χ2v) is 5.46. The molecule has 1 aromatic carbocycles. The maximum absolute atomic E-state index is 12.1. The van der Waals surface area contributed by atoms with Gasteiger partial charge in [0.1, 0.15) is 0 Å². The van der Waals surface area contributed by atoms with Gasteiger partial charge >= 0.3 is 5.97 Å². The van der Waals surface area contributed by atoms with Gasteiger partial charge in [-0.05, 0) is 31.9 Å². The number of carbonyl (C=O) groups is 1. The molecule has 0 amide bonds. The van der Waals surface area contributed by atoms with Crippen molar-refractivity contribution in [1.82, 2.24) is 0 Å². The maximum atomic E-state index is 12.1. The fourth-order valence-corrected chi connectivity index (χ4v) is 2.20. The molecular weight excluding hydrogens is 264 g/mol. The van der Waals surface area contributed by atoms with Crippen LogP contribution in [0.15, 0.2) is 36.4 Å². The highest BCUT2D eigenvalue weighted by molar-refractivity contribution is 6.16. The number of hydrogen-bond acceptors (Lipinski definition) is 3. The van der Waals surface area contributed by atoms with Gasteiger partial charge in [-0.1, -0.05) is 56.5 Å². The smallest absolute Gasteiger partial charge is 0.338 e. The summed E-state index contributed by atoms with van der Waals surface area (Å²) in [5.41, 5.74) is 0.193. The van der Waals surface area contributed by atoms with Crippen LogP contribution < -0.4 is 0 Å². The van der Waals surface area contributed by atoms with Crippen LogP contribution in [0.4, 0.5) is 0 Å². The normalized spacial score (nSPS) is 14.6. The van der Waals surface area contributed by atoms with Crippen LogP contribution in [0.5, 0.6) is 0 Å². The fourth-order valence-electron chi connectivity index (χ4n) is 2.20. The summed E-state index contributed by atoms with van der Waals surface area (Å²) in [6, 6.07) is 9.34. The minimum Gasteiger partial charge on any atom is -0.462 e. The van der Waals surface area contributed by atoms with E-state index in [2.05, 4.69) is 6.92 Å². The van der Waals surface area contributed by atoms with Crippen LogP contribution in [-0.4, -0.2) is 23.3 Å². The summed E-state index contributed by atoms with van der Waals surface area (Å²) >= 11 is 0. The molecule has 3 nitrogen and oxygen atoms in total. The first-order valence-corrected chi connectivity index (χ1v) is 7.68. The Balaban J connectivity index is 3.00. The zero-order chi connectivity index (χ0) is 15.7. The summed E-state index contributed by atoms with van der Waals surface area (Å²) in [6.07, 6.45) is 5.38. The van der Waals surface area contributed by atoms with Gasteiger partial charge in [0.05, 0.1) is 17.8 Å². The van der Waals surface area contributed by atoms with E-state index in [9.17, 15) is 9.90 Å². The van der Waals surface area contributed by atoms with E-state index in [1.54, 1.807) is 19.9 Å². The van der Waals surface area contributed by atoms with Gasteiger partial charge in [-0.15, -0.1) is 0 Å². The van der Waals surface area contributed by atoms with E-state index in [0.29, 0.717) is 18.6 Å². The van der Waals surface area contributed by atoms with Gasteiger partial charge in [0, 0.05) is 0 Å². The van der Waals surface area contributed by atoms with Crippen LogP contribution in [0, 0.1) is 0 Å². The topological polar surface area (TPSA) is 46.5 Å². The molecule has 0 radical (unpaired) electrons. The number of carbonyl (C=O) groups excluding carboxylic acids is 1. The van der Waals surface area contributed by atoms with Gasteiger partial charge in [-0.2, -0.15) is 0 Å². The molecule has 0 bridgehead atoms. The Labute approximate surface area is 127 Å². The second kappa shape index (κ2) is 8.63. The van der Waals surface area contributed by atoms with Crippen LogP contribution in [0.3, 0.4) is 0 Å². The molecule has 0 aliphatic carbocycles. The lowest BCUT2D eigenvalue weighted by molar-refractivity contribution is -0.136. The Morgan fingerprint density at radius 2 is 1.90 bits per heavy atom. The van der Waals surface area contributed by atoms with Crippen molar-refractivity contribution in [2.24, 2.45) is 0 Å². The standard InChI is InChI=1S/C18H26O3/c1-4-6-10-13-18(3,20)14-16(17(19)21-5-2)15-11-8-7-9-12-15/h7-9,11-12,14,20H,4-6,10,13H2,1-3H3/b16-14+. The van der Waals surface area contributed by atoms with Gasteiger partial charge in [-0.25, -0.2) is 4.79 Å². The lowest BCUT2D eigenvalue weighted by Gasteiger charge is -2.21. The number of benzene rings is 1. The number of esters is 1. The van der Waals surface area contributed by atoms with E-state index >= 15 is 0 Å². The zero-order valence-corrected chi connectivity index (χ0v) is 13.3. The largest absolute Gasteiger partial charge is 0.462 e. The SMILES string of the molecule is CCCCCC(C)(O)/C=C(/C(=O)OCC)c1ccccc1. The Hall–Kier alpha value is -1.61. The maximum Gasteiger partial charge on any atom is 0.338 e. The summed E-state index contributed by atoms with van der Waals surface area (Å²) in [7, 11) is 0. The average Bonchev–Trinajstić information content (AvgIpc) is 2.46. The molecule has 116 valence electrons. The van der Waals surface area contributed by atoms with E-state index in [4.69, 9.17) is 4.74 Å². The Bertz CT molecular complexity index is 461. The summed E-state index contributed by atoms with van der Waals surface area (Å²) < 4.78 is 5.11. The average molecular weight is 290 g/mol. The van der Waals surface area contributed by atoms with Crippen molar-refractivity contribution in [2.45, 2.75) is 52.1 Å². The minimum atomic E-state index is -1.01. The molecule has 0 aliphatic rings. The molecule has 1 aromatic rings. The van der Waals surface area contributed by atoms with Crippen molar-refractivity contribution in [3.63, 3.8) is 0 Å². The Kier molecular flexibility index (Phi) is 7.17. The Morgan fingerprint density at radius 3 is 2.48 bits per heavy atom. The van der Waals surface area contributed by atoms with E-state index in [-0.39, 0.29) is 5.97 Å². The highest BCUT2D eigenvalue weighted by Crippen LogP contribution is 2.24. The molecule has 0 aromatic heterocycles. The van der Waals surface area contributed by atoms with Crippen LogP contribution in [0.1, 0.15) is 52.0 Å². The van der Waals surface area contributed by atoms with Crippen LogP contribution >= 0.6 is 0 Å². The summed E-state index contributed by atoms with van der Waals surface area (Å²) in [4.78, 5) is 12.1. The van der Waals surface area contributed by atoms with Crippen LogP contribution in [-0.2, 0) is 9.53 Å². The molecule has 1 N–H and O–H groups in total. The molecular formula is C18H26O3.